The van der Waals surface area contributed by atoms with Crippen LogP contribution < -0.4 is 4.74 Å². The van der Waals surface area contributed by atoms with Gasteiger partial charge in [0.15, 0.2) is 0 Å². The number of ether oxygens (including phenoxy) is 1. The first kappa shape index (κ1) is 21.6. The van der Waals surface area contributed by atoms with Crippen LogP contribution in [0.4, 0.5) is 0 Å². The average Bonchev–Trinajstić information content (AvgIpc) is 2.66. The minimum Gasteiger partial charge on any atom is -0.508 e. The van der Waals surface area contributed by atoms with Gasteiger partial charge in [-0.1, -0.05) is 77.4 Å². The Balaban J connectivity index is 0.000000878. The van der Waals surface area contributed by atoms with Crippen molar-refractivity contribution in [3.8, 4) is 17.2 Å². The summed E-state index contributed by atoms with van der Waals surface area (Å²) >= 11 is 0. The molecule has 0 aliphatic rings. The van der Waals surface area contributed by atoms with Crippen LogP contribution in [0.2, 0.25) is 0 Å². The highest BCUT2D eigenvalue weighted by molar-refractivity contribution is 5.37. The van der Waals surface area contributed by atoms with Gasteiger partial charge in [-0.15, -0.1) is 0 Å². The van der Waals surface area contributed by atoms with E-state index < -0.39 is 0 Å². The summed E-state index contributed by atoms with van der Waals surface area (Å²) in [4.78, 5) is 0. The van der Waals surface area contributed by atoms with Gasteiger partial charge in [-0.25, -0.2) is 0 Å². The molecule has 2 nitrogen and oxygen atoms in total. The first-order valence-corrected chi connectivity index (χ1v) is 9.97. The van der Waals surface area contributed by atoms with Crippen molar-refractivity contribution < 1.29 is 9.84 Å². The second-order valence-electron chi connectivity index (χ2n) is 8.07. The third kappa shape index (κ3) is 6.77. The van der Waals surface area contributed by atoms with Crippen LogP contribution in [0.1, 0.15) is 57.7 Å². The second-order valence-corrected chi connectivity index (χ2v) is 8.07. The molecule has 0 unspecified atom stereocenters. The van der Waals surface area contributed by atoms with E-state index in [0.29, 0.717) is 5.75 Å². The molecular weight excluding hydrogens is 344 g/mol. The molecule has 0 amide bonds. The fraction of sp³-hybridized carbons (Fsp3) is 0.308. The van der Waals surface area contributed by atoms with E-state index in [9.17, 15) is 5.11 Å². The lowest BCUT2D eigenvalue weighted by Crippen LogP contribution is -2.10. The molecule has 3 aromatic carbocycles. The number of benzene rings is 3. The van der Waals surface area contributed by atoms with E-state index >= 15 is 0 Å². The number of phenolic OH excluding ortho intramolecular Hbond substituents is 1. The molecule has 0 aromatic heterocycles. The lowest BCUT2D eigenvalue weighted by molar-refractivity contribution is 0.464. The van der Waals surface area contributed by atoms with Gasteiger partial charge in [0, 0.05) is 0 Å². The third-order valence-corrected chi connectivity index (χ3v) is 4.22. The predicted octanol–water partition coefficient (Wildman–Crippen LogP) is 7.49. The first-order chi connectivity index (χ1) is 13.3. The molecule has 0 aliphatic heterocycles. The summed E-state index contributed by atoms with van der Waals surface area (Å²) < 4.78 is 5.78. The van der Waals surface area contributed by atoms with Crippen LogP contribution in [0, 0.1) is 0 Å². The van der Waals surface area contributed by atoms with Crippen molar-refractivity contribution in [3.05, 3.63) is 89.5 Å². The Morgan fingerprint density at radius 3 is 1.50 bits per heavy atom. The fourth-order valence-electron chi connectivity index (χ4n) is 2.68. The Bertz CT molecular complexity index is 824. The van der Waals surface area contributed by atoms with Gasteiger partial charge in [0.1, 0.15) is 17.2 Å². The smallest absolute Gasteiger partial charge is 0.127 e. The van der Waals surface area contributed by atoms with Crippen molar-refractivity contribution in [3.63, 3.8) is 0 Å². The summed E-state index contributed by atoms with van der Waals surface area (Å²) in [6, 6.07) is 23.7. The van der Waals surface area contributed by atoms with E-state index in [1.54, 1.807) is 24.3 Å². The molecule has 0 saturated heterocycles. The average molecular weight is 377 g/mol. The van der Waals surface area contributed by atoms with Gasteiger partial charge in [0.25, 0.3) is 0 Å². The number of hydrogen-bond donors (Lipinski definition) is 1. The molecule has 1 N–H and O–H groups in total. The van der Waals surface area contributed by atoms with Crippen LogP contribution in [-0.4, -0.2) is 5.11 Å². The van der Waals surface area contributed by atoms with Gasteiger partial charge >= 0.3 is 0 Å². The molecule has 0 heterocycles. The summed E-state index contributed by atoms with van der Waals surface area (Å²) in [5.41, 5.74) is 4.10. The van der Waals surface area contributed by atoms with Gasteiger partial charge < -0.3 is 9.84 Å². The maximum Gasteiger partial charge on any atom is 0.127 e. The van der Waals surface area contributed by atoms with Gasteiger partial charge in [-0.05, 0) is 64.9 Å². The molecule has 0 saturated carbocycles. The fourth-order valence-corrected chi connectivity index (χ4v) is 2.68. The van der Waals surface area contributed by atoms with Crippen molar-refractivity contribution in [2.45, 2.75) is 52.9 Å². The molecule has 3 rings (SSSR count). The molecule has 0 atom stereocenters. The molecule has 0 radical (unpaired) electrons. The van der Waals surface area contributed by atoms with Crippen LogP contribution in [0.3, 0.4) is 0 Å². The molecule has 2 heteroatoms. The highest BCUT2D eigenvalue weighted by atomic mass is 16.5. The maximum absolute atomic E-state index is 9.31. The maximum atomic E-state index is 9.31. The van der Waals surface area contributed by atoms with Crippen molar-refractivity contribution in [2.75, 3.05) is 0 Å². The van der Waals surface area contributed by atoms with Crippen LogP contribution >= 0.6 is 0 Å². The van der Waals surface area contributed by atoms with E-state index in [1.807, 2.05) is 12.1 Å². The van der Waals surface area contributed by atoms with Crippen molar-refractivity contribution in [1.29, 1.82) is 0 Å². The molecular formula is C26H32O2. The largest absolute Gasteiger partial charge is 0.508 e. The number of phenols is 1. The SMILES string of the molecule is CC(C)(C)c1ccc(Cc2ccc(Oc3ccc(O)cc3)cc2)cc1.CCC. The number of hydrogen-bond acceptors (Lipinski definition) is 2. The topological polar surface area (TPSA) is 29.5 Å². The van der Waals surface area contributed by atoms with Crippen molar-refractivity contribution in [2.24, 2.45) is 0 Å². The molecule has 3 aromatic rings. The lowest BCUT2D eigenvalue weighted by Gasteiger charge is -2.19. The second kappa shape index (κ2) is 9.98. The van der Waals surface area contributed by atoms with Crippen molar-refractivity contribution >= 4 is 0 Å². The number of rotatable bonds is 4. The van der Waals surface area contributed by atoms with Gasteiger partial charge in [-0.2, -0.15) is 0 Å². The number of aromatic hydroxyl groups is 1. The quantitative estimate of drug-likeness (QED) is 0.511. The Morgan fingerprint density at radius 1 is 0.679 bits per heavy atom. The molecule has 148 valence electrons. The zero-order valence-electron chi connectivity index (χ0n) is 17.7. The summed E-state index contributed by atoms with van der Waals surface area (Å²) in [6.45, 7) is 10.9. The summed E-state index contributed by atoms with van der Waals surface area (Å²) in [5, 5.41) is 9.31. The van der Waals surface area contributed by atoms with Crippen LogP contribution in [0.25, 0.3) is 0 Å². The van der Waals surface area contributed by atoms with Gasteiger partial charge in [-0.3, -0.25) is 0 Å². The molecule has 0 bridgehead atoms. The minimum absolute atomic E-state index is 0.186. The molecule has 0 spiro atoms. The monoisotopic (exact) mass is 376 g/mol. The van der Waals surface area contributed by atoms with Gasteiger partial charge in [0.2, 0.25) is 0 Å². The Hall–Kier alpha value is -2.74. The molecule has 0 fully saturated rings. The molecule has 28 heavy (non-hydrogen) atoms. The zero-order valence-corrected chi connectivity index (χ0v) is 17.7. The Kier molecular flexibility index (Phi) is 7.69. The Morgan fingerprint density at radius 2 is 1.07 bits per heavy atom. The van der Waals surface area contributed by atoms with Crippen molar-refractivity contribution in [1.82, 2.24) is 0 Å². The Labute approximate surface area is 169 Å². The first-order valence-electron chi connectivity index (χ1n) is 9.97. The summed E-state index contributed by atoms with van der Waals surface area (Å²) in [7, 11) is 0. The lowest BCUT2D eigenvalue weighted by atomic mass is 9.86. The third-order valence-electron chi connectivity index (χ3n) is 4.22. The van der Waals surface area contributed by atoms with Crippen LogP contribution in [-0.2, 0) is 11.8 Å². The van der Waals surface area contributed by atoms with E-state index in [2.05, 4.69) is 71.0 Å². The highest BCUT2D eigenvalue weighted by Crippen LogP contribution is 2.25. The predicted molar refractivity (Wildman–Crippen MR) is 119 cm³/mol. The summed E-state index contributed by atoms with van der Waals surface area (Å²) in [6.07, 6.45) is 2.16. The van der Waals surface area contributed by atoms with Gasteiger partial charge in [0.05, 0.1) is 0 Å². The minimum atomic E-state index is 0.186. The van der Waals surface area contributed by atoms with Crippen LogP contribution in [0.15, 0.2) is 72.8 Å². The van der Waals surface area contributed by atoms with E-state index in [1.165, 1.54) is 23.1 Å². The summed E-state index contributed by atoms with van der Waals surface area (Å²) in [5.74, 6) is 1.74. The van der Waals surface area contributed by atoms with E-state index in [0.717, 1.165) is 12.2 Å². The standard InChI is InChI=1S/C23H24O2.C3H8/c1-23(2,3)19-8-4-17(5-9-19)16-18-6-12-21(13-7-18)25-22-14-10-20(24)11-15-22;1-3-2/h4-15,24H,16H2,1-3H3;3H2,1-2H3. The normalized spacial score (nSPS) is 10.8. The van der Waals surface area contributed by atoms with E-state index in [4.69, 9.17) is 4.74 Å². The van der Waals surface area contributed by atoms with E-state index in [-0.39, 0.29) is 11.2 Å². The highest BCUT2D eigenvalue weighted by Gasteiger charge is 2.12. The van der Waals surface area contributed by atoms with Crippen LogP contribution in [0.5, 0.6) is 17.2 Å². The molecule has 0 aliphatic carbocycles. The zero-order chi connectivity index (χ0) is 20.6.